The lowest BCUT2D eigenvalue weighted by Gasteiger charge is -2.27. The number of carbonyl (C=O) groups is 3. The highest BCUT2D eigenvalue weighted by molar-refractivity contribution is 6.02. The van der Waals surface area contributed by atoms with Crippen LogP contribution in [0.5, 0.6) is 5.75 Å². The molecular weight excluding hydrogens is 536 g/mol. The van der Waals surface area contributed by atoms with Gasteiger partial charge >= 0.3 is 6.61 Å². The van der Waals surface area contributed by atoms with E-state index in [1.54, 1.807) is 12.1 Å². The Balaban J connectivity index is 1.42. The summed E-state index contributed by atoms with van der Waals surface area (Å²) < 4.78 is 30.5. The molecule has 12 heteroatoms. The zero-order chi connectivity index (χ0) is 29.1. The van der Waals surface area contributed by atoms with Crippen LogP contribution in [0.2, 0.25) is 0 Å². The van der Waals surface area contributed by atoms with Gasteiger partial charge in [-0.3, -0.25) is 14.4 Å². The van der Waals surface area contributed by atoms with Crippen molar-refractivity contribution in [3.8, 4) is 11.8 Å². The van der Waals surface area contributed by atoms with Crippen LogP contribution in [0.3, 0.4) is 0 Å². The van der Waals surface area contributed by atoms with Crippen molar-refractivity contribution in [2.75, 3.05) is 13.1 Å². The average Bonchev–Trinajstić information content (AvgIpc) is 3.71. The number of fused-ring (bicyclic) bond motifs is 1. The van der Waals surface area contributed by atoms with Gasteiger partial charge in [-0.2, -0.15) is 14.0 Å². The van der Waals surface area contributed by atoms with Gasteiger partial charge in [0, 0.05) is 35.8 Å². The van der Waals surface area contributed by atoms with E-state index in [1.165, 1.54) is 23.1 Å². The molecule has 0 bridgehead atoms. The van der Waals surface area contributed by atoms with Gasteiger partial charge in [-0.15, -0.1) is 0 Å². The van der Waals surface area contributed by atoms with E-state index in [4.69, 9.17) is 0 Å². The number of nitriles is 1. The van der Waals surface area contributed by atoms with Crippen molar-refractivity contribution >= 4 is 28.6 Å². The predicted molar refractivity (Wildman–Crippen MR) is 143 cm³/mol. The number of ether oxygens (including phenoxy) is 1. The predicted octanol–water partition coefficient (Wildman–Crippen LogP) is 2.66. The van der Waals surface area contributed by atoms with Gasteiger partial charge in [-0.25, -0.2) is 0 Å². The van der Waals surface area contributed by atoms with Crippen LogP contribution in [0, 0.1) is 17.2 Å². The first-order chi connectivity index (χ1) is 19.7. The van der Waals surface area contributed by atoms with Gasteiger partial charge in [0.2, 0.25) is 11.8 Å². The number of aliphatic hydroxyl groups is 1. The molecule has 2 aliphatic heterocycles. The lowest BCUT2D eigenvalue weighted by Crippen LogP contribution is -2.52. The molecule has 5 unspecified atom stereocenters. The van der Waals surface area contributed by atoms with Crippen molar-refractivity contribution in [3.63, 3.8) is 0 Å². The molecule has 0 radical (unpaired) electrons. The lowest BCUT2D eigenvalue weighted by molar-refractivity contribution is -0.127. The molecule has 4 N–H and O–H groups in total. The van der Waals surface area contributed by atoms with Gasteiger partial charge in [0.1, 0.15) is 17.5 Å². The molecule has 5 atom stereocenters. The summed E-state index contributed by atoms with van der Waals surface area (Å²) in [6, 6.07) is 15.1. The Morgan fingerprint density at radius 3 is 2.66 bits per heavy atom. The van der Waals surface area contributed by atoms with E-state index in [1.807, 2.05) is 30.3 Å². The molecule has 214 valence electrons. The summed E-state index contributed by atoms with van der Waals surface area (Å²) in [5.41, 5.74) is 1.44. The molecule has 3 aromatic rings. The fourth-order valence-corrected chi connectivity index (χ4v) is 5.68. The number of likely N-dealkylation sites (tertiary alicyclic amines) is 1. The van der Waals surface area contributed by atoms with Gasteiger partial charge in [0.25, 0.3) is 5.91 Å². The maximum absolute atomic E-state index is 13.8. The third-order valence-electron chi connectivity index (χ3n) is 7.75. The van der Waals surface area contributed by atoms with Crippen LogP contribution in [-0.4, -0.2) is 70.6 Å². The minimum Gasteiger partial charge on any atom is -0.434 e. The first-order valence-corrected chi connectivity index (χ1v) is 13.3. The van der Waals surface area contributed by atoms with Crippen LogP contribution in [0.1, 0.15) is 41.2 Å². The number of hydrogen-bond donors (Lipinski definition) is 4. The number of hydrogen-bond acceptors (Lipinski definition) is 6. The highest BCUT2D eigenvalue weighted by Crippen LogP contribution is 2.34. The molecule has 0 saturated carbocycles. The van der Waals surface area contributed by atoms with Crippen LogP contribution >= 0.6 is 0 Å². The van der Waals surface area contributed by atoms with Gasteiger partial charge in [-0.1, -0.05) is 36.4 Å². The lowest BCUT2D eigenvalue weighted by atomic mass is 9.94. The largest absolute Gasteiger partial charge is 0.434 e. The number of nitrogens with one attached hydrogen (secondary N) is 3. The van der Waals surface area contributed by atoms with E-state index < -0.39 is 42.5 Å². The quantitative estimate of drug-likeness (QED) is 0.293. The summed E-state index contributed by atoms with van der Waals surface area (Å²) in [5.74, 6) is -2.02. The summed E-state index contributed by atoms with van der Waals surface area (Å²) in [4.78, 5) is 43.9. The topological polar surface area (TPSA) is 148 Å². The molecule has 2 fully saturated rings. The maximum atomic E-state index is 13.8. The summed E-state index contributed by atoms with van der Waals surface area (Å²) in [6.07, 6.45) is -0.680. The summed E-state index contributed by atoms with van der Waals surface area (Å²) in [5, 5.41) is 25.4. The number of rotatable bonds is 9. The standard InChI is InChI=1S/C29H29F2N5O5/c30-29(31)41-25-8-4-7-20-19(25)13-22(34-20)28(40)36-15-18(16-5-2-1-3-6-16)12-23(36)27(39)35-21(24(37)14-32)11-17-9-10-33-26(17)38/h1-8,13,17-18,21,23-24,29,34,37H,9-12,15H2,(H,33,38)(H,35,39). The van der Waals surface area contributed by atoms with Crippen LogP contribution in [0.15, 0.2) is 54.6 Å². The fraction of sp³-hybridized carbons (Fsp3) is 0.379. The SMILES string of the molecule is N#CC(O)C(CC1CCNC1=O)NC(=O)C1CC(c2ccccc2)CN1C(=O)c1cc2c(OC(F)F)cccc2[nH]1. The van der Waals surface area contributed by atoms with Gasteiger partial charge < -0.3 is 30.4 Å². The van der Waals surface area contributed by atoms with Crippen molar-refractivity contribution < 1.29 is 33.0 Å². The minimum absolute atomic E-state index is 0.0734. The number of carbonyl (C=O) groups excluding carboxylic acids is 3. The van der Waals surface area contributed by atoms with Crippen LogP contribution in [0.25, 0.3) is 10.9 Å². The smallest absolute Gasteiger partial charge is 0.387 e. The van der Waals surface area contributed by atoms with E-state index in [9.17, 15) is 33.5 Å². The van der Waals surface area contributed by atoms with E-state index in [0.29, 0.717) is 23.9 Å². The Hall–Kier alpha value is -4.50. The van der Waals surface area contributed by atoms with Crippen LogP contribution in [0.4, 0.5) is 8.78 Å². The second-order valence-electron chi connectivity index (χ2n) is 10.3. The molecule has 41 heavy (non-hydrogen) atoms. The number of aromatic nitrogens is 1. The molecule has 2 aliphatic rings. The summed E-state index contributed by atoms with van der Waals surface area (Å²) in [7, 11) is 0. The van der Waals surface area contributed by atoms with Crippen molar-refractivity contribution in [2.24, 2.45) is 5.92 Å². The fourth-order valence-electron chi connectivity index (χ4n) is 5.68. The number of aromatic amines is 1. The minimum atomic E-state index is -3.04. The van der Waals surface area contributed by atoms with Crippen molar-refractivity contribution in [2.45, 2.75) is 50.0 Å². The molecule has 3 heterocycles. The number of halogens is 2. The van der Waals surface area contributed by atoms with E-state index in [2.05, 4.69) is 20.4 Å². The number of benzene rings is 2. The zero-order valence-electron chi connectivity index (χ0n) is 21.9. The normalized spacial score (nSPS) is 21.9. The molecule has 0 spiro atoms. The third-order valence-corrected chi connectivity index (χ3v) is 7.75. The second-order valence-corrected chi connectivity index (χ2v) is 10.3. The zero-order valence-corrected chi connectivity index (χ0v) is 21.9. The molecule has 5 rings (SSSR count). The Morgan fingerprint density at radius 2 is 1.98 bits per heavy atom. The molecule has 0 aliphatic carbocycles. The van der Waals surface area contributed by atoms with Crippen LogP contribution < -0.4 is 15.4 Å². The second kappa shape index (κ2) is 11.9. The summed E-state index contributed by atoms with van der Waals surface area (Å²) in [6.45, 7) is -2.36. The maximum Gasteiger partial charge on any atom is 0.387 e. The highest BCUT2D eigenvalue weighted by atomic mass is 19.3. The molecule has 2 aromatic carbocycles. The van der Waals surface area contributed by atoms with E-state index >= 15 is 0 Å². The van der Waals surface area contributed by atoms with Crippen molar-refractivity contribution in [1.29, 1.82) is 5.26 Å². The number of alkyl halides is 2. The Kier molecular flexibility index (Phi) is 8.16. The molecule has 2 saturated heterocycles. The molecule has 3 amide bonds. The Bertz CT molecular complexity index is 1470. The number of H-pyrrole nitrogens is 1. The first kappa shape index (κ1) is 28.0. The Labute approximate surface area is 234 Å². The molecular formula is C29H29F2N5O5. The number of nitrogens with zero attached hydrogens (tertiary/aromatic N) is 2. The Morgan fingerprint density at radius 1 is 1.20 bits per heavy atom. The number of aliphatic hydroxyl groups excluding tert-OH is 1. The van der Waals surface area contributed by atoms with E-state index in [0.717, 1.165) is 5.56 Å². The molecule has 10 nitrogen and oxygen atoms in total. The van der Waals surface area contributed by atoms with Gasteiger partial charge in [0.15, 0.2) is 6.10 Å². The van der Waals surface area contributed by atoms with E-state index in [-0.39, 0.29) is 42.7 Å². The first-order valence-electron chi connectivity index (χ1n) is 13.3. The monoisotopic (exact) mass is 565 g/mol. The van der Waals surface area contributed by atoms with Gasteiger partial charge in [-0.05, 0) is 43.0 Å². The van der Waals surface area contributed by atoms with Crippen molar-refractivity contribution in [1.82, 2.24) is 20.5 Å². The highest BCUT2D eigenvalue weighted by Gasteiger charge is 2.42. The van der Waals surface area contributed by atoms with Crippen molar-refractivity contribution in [3.05, 3.63) is 65.9 Å². The average molecular weight is 566 g/mol. The summed E-state index contributed by atoms with van der Waals surface area (Å²) >= 11 is 0. The van der Waals surface area contributed by atoms with Gasteiger partial charge in [0.05, 0.1) is 12.1 Å². The van der Waals surface area contributed by atoms with Crippen LogP contribution in [-0.2, 0) is 9.59 Å². The number of amides is 3. The third kappa shape index (κ3) is 6.00. The molecule has 1 aromatic heterocycles.